The van der Waals surface area contributed by atoms with E-state index in [1.165, 1.54) is 17.6 Å². The second kappa shape index (κ2) is 20.4. The summed E-state index contributed by atoms with van der Waals surface area (Å²) in [5.74, 6) is -5.40. The minimum absolute atomic E-state index is 0.00646. The van der Waals surface area contributed by atoms with Gasteiger partial charge in [-0.05, 0) is 273 Å². The first kappa shape index (κ1) is 59.3. The van der Waals surface area contributed by atoms with Crippen LogP contribution in [0.1, 0.15) is 203 Å². The number of fused-ring (bicyclic) bond motifs is 15. The molecule has 0 saturated heterocycles. The normalized spacial score (nSPS) is 53.2. The molecule has 12 fully saturated rings. The smallest absolute Gasteiger partial charge is 0.251 e. The number of rotatable bonds is 5. The quantitative estimate of drug-likeness (QED) is 0.126. The van der Waals surface area contributed by atoms with Gasteiger partial charge in [0.2, 0.25) is 0 Å². The van der Waals surface area contributed by atoms with Crippen molar-refractivity contribution >= 4 is 15.9 Å². The molecule has 24 atom stereocenters. The van der Waals surface area contributed by atoms with Crippen molar-refractivity contribution < 1.29 is 46.8 Å². The standard InChI is InChI=1S/C22H33BrF2O.C22H34F2O2.C22H34F2O/c1-13(12-23)17-4-5-18-16-10-22(24,25)19-11-20(2,26)8-6-15(19)14(16)7-9-21(17,18)3;1-13(12-25)17-4-5-18-16-10-22(23,24)19-11-20(2,26)8-6-15(19)14(16)7-9-21(17,18)3;1-13(2)17-5-6-18-16-11-22(23,24)19-12-20(3,25)9-7-15(19)14(16)8-10-21(17,18)4/h14-19,26H,1,4-12H2,2-3H3;14-19,25-26H,1,4-12H2,2-3H3;14-19,25H,1,5-12H2,2-4H3/t3*14-,15-,16-,17-,18+,19+,20+,21-/m111/s1. The van der Waals surface area contributed by atoms with Crippen molar-refractivity contribution in [2.24, 2.45) is 123 Å². The van der Waals surface area contributed by atoms with Crippen molar-refractivity contribution in [3.8, 4) is 0 Å². The molecule has 0 spiro atoms. The summed E-state index contributed by atoms with van der Waals surface area (Å²) in [5.41, 5.74) is 0.988. The van der Waals surface area contributed by atoms with E-state index in [4.69, 9.17) is 0 Å². The second-order valence-corrected chi connectivity index (χ2v) is 31.8. The lowest BCUT2D eigenvalue weighted by molar-refractivity contribution is -0.209. The molecule has 0 amide bonds. The van der Waals surface area contributed by atoms with Crippen molar-refractivity contribution in [3.63, 3.8) is 0 Å². The van der Waals surface area contributed by atoms with E-state index in [0.29, 0.717) is 66.6 Å². The fourth-order valence-corrected chi connectivity index (χ4v) is 23.7. The van der Waals surface area contributed by atoms with Crippen LogP contribution in [0, 0.1) is 123 Å². The first-order chi connectivity index (χ1) is 35.7. The Balaban J connectivity index is 0.000000131. The average molecular weight is 1150 g/mol. The minimum Gasteiger partial charge on any atom is -0.392 e. The summed E-state index contributed by atoms with van der Waals surface area (Å²) < 4.78 is 91.1. The van der Waals surface area contributed by atoms with E-state index in [1.54, 1.807) is 20.8 Å². The van der Waals surface area contributed by atoms with Gasteiger partial charge in [0.25, 0.3) is 17.8 Å². The molecule has 11 heteroatoms. The zero-order valence-electron chi connectivity index (χ0n) is 48.3. The van der Waals surface area contributed by atoms with Gasteiger partial charge < -0.3 is 20.4 Å². The number of allylic oxidation sites excluding steroid dienone is 2. The number of alkyl halides is 7. The van der Waals surface area contributed by atoms with Crippen LogP contribution >= 0.6 is 15.9 Å². The molecule has 0 aromatic carbocycles. The maximum absolute atomic E-state index is 15.2. The third-order valence-electron chi connectivity index (χ3n) is 26.8. The molecule has 4 N–H and O–H groups in total. The van der Waals surface area contributed by atoms with E-state index >= 15 is 26.3 Å². The van der Waals surface area contributed by atoms with E-state index in [-0.39, 0.29) is 103 Å². The monoisotopic (exact) mass is 1150 g/mol. The number of hydrogen-bond donors (Lipinski definition) is 4. The number of hydrogen-bond acceptors (Lipinski definition) is 4. The van der Waals surface area contributed by atoms with Gasteiger partial charge >= 0.3 is 0 Å². The minimum atomic E-state index is -2.67. The summed E-state index contributed by atoms with van der Waals surface area (Å²) >= 11 is 3.57. The summed E-state index contributed by atoms with van der Waals surface area (Å²) in [6.07, 6.45) is 18.2. The van der Waals surface area contributed by atoms with Crippen molar-refractivity contribution in [2.75, 3.05) is 11.9 Å². The lowest BCUT2D eigenvalue weighted by Gasteiger charge is -2.58. The lowest BCUT2D eigenvalue weighted by Crippen LogP contribution is -2.57. The van der Waals surface area contributed by atoms with Crippen LogP contribution in [0.4, 0.5) is 26.3 Å². The third-order valence-corrected chi connectivity index (χ3v) is 27.5. The van der Waals surface area contributed by atoms with Gasteiger partial charge in [-0.3, -0.25) is 0 Å². The summed E-state index contributed by atoms with van der Waals surface area (Å²) in [6.45, 7) is 26.9. The predicted octanol–water partition coefficient (Wildman–Crippen LogP) is 16.8. The number of aliphatic hydroxyl groups excluding tert-OH is 1. The fourth-order valence-electron chi connectivity index (χ4n) is 23.3. The molecule has 12 saturated carbocycles. The van der Waals surface area contributed by atoms with Crippen LogP contribution in [-0.2, 0) is 0 Å². The van der Waals surface area contributed by atoms with E-state index in [0.717, 1.165) is 101 Å². The lowest BCUT2D eigenvalue weighted by atomic mass is 9.48. The summed E-state index contributed by atoms with van der Waals surface area (Å²) in [6, 6.07) is 0. The largest absolute Gasteiger partial charge is 0.392 e. The number of halogens is 7. The van der Waals surface area contributed by atoms with Crippen molar-refractivity contribution in [2.45, 2.75) is 237 Å². The van der Waals surface area contributed by atoms with E-state index in [2.05, 4.69) is 63.4 Å². The maximum Gasteiger partial charge on any atom is 0.251 e. The molecule has 12 aliphatic rings. The van der Waals surface area contributed by atoms with Gasteiger partial charge in [-0.2, -0.15) is 0 Å². The molecule has 4 nitrogen and oxygen atoms in total. The van der Waals surface area contributed by atoms with Crippen LogP contribution in [0.15, 0.2) is 36.5 Å². The van der Waals surface area contributed by atoms with Gasteiger partial charge in [-0.1, -0.05) is 67.6 Å². The molecule has 12 aliphatic carbocycles. The highest BCUT2D eigenvalue weighted by Gasteiger charge is 2.67. The molecule has 0 aliphatic heterocycles. The highest BCUT2D eigenvalue weighted by atomic mass is 79.9. The van der Waals surface area contributed by atoms with Gasteiger partial charge in [0.05, 0.1) is 23.4 Å². The zero-order valence-corrected chi connectivity index (χ0v) is 49.9. The Kier molecular flexibility index (Phi) is 15.7. The molecule has 0 heterocycles. The Bertz CT molecular complexity index is 2130. The Morgan fingerprint density at radius 3 is 0.974 bits per heavy atom. The first-order valence-electron chi connectivity index (χ1n) is 31.2. The molecular formula is C66H101BrF6O4. The van der Waals surface area contributed by atoms with Crippen LogP contribution in [0.25, 0.3) is 0 Å². The predicted molar refractivity (Wildman–Crippen MR) is 299 cm³/mol. The van der Waals surface area contributed by atoms with Crippen LogP contribution < -0.4 is 0 Å². The Hall–Kier alpha value is -0.880. The second-order valence-electron chi connectivity index (χ2n) is 31.2. The van der Waals surface area contributed by atoms with Crippen LogP contribution in [0.2, 0.25) is 0 Å². The van der Waals surface area contributed by atoms with E-state index < -0.39 is 52.3 Å². The van der Waals surface area contributed by atoms with Gasteiger partial charge in [-0.15, -0.1) is 0 Å². The average Bonchev–Trinajstić information content (AvgIpc) is 4.07. The summed E-state index contributed by atoms with van der Waals surface area (Å²) in [4.78, 5) is 0. The van der Waals surface area contributed by atoms with Gasteiger partial charge in [0.15, 0.2) is 0 Å². The van der Waals surface area contributed by atoms with Crippen molar-refractivity contribution in [3.05, 3.63) is 36.5 Å². The fraction of sp³-hybridized carbons (Fsp3) is 0.909. The van der Waals surface area contributed by atoms with E-state index in [1.807, 2.05) is 0 Å². The molecule has 438 valence electrons. The molecule has 77 heavy (non-hydrogen) atoms. The molecule has 0 aromatic rings. The van der Waals surface area contributed by atoms with Crippen molar-refractivity contribution in [1.82, 2.24) is 0 Å². The van der Waals surface area contributed by atoms with Gasteiger partial charge in [0.1, 0.15) is 0 Å². The van der Waals surface area contributed by atoms with Crippen LogP contribution in [0.3, 0.4) is 0 Å². The summed E-state index contributed by atoms with van der Waals surface area (Å²) in [5, 5.41) is 41.6. The van der Waals surface area contributed by atoms with Gasteiger partial charge in [-0.25, -0.2) is 26.3 Å². The Labute approximate surface area is 468 Å². The Morgan fingerprint density at radius 2 is 0.675 bits per heavy atom. The van der Waals surface area contributed by atoms with Crippen molar-refractivity contribution in [1.29, 1.82) is 0 Å². The van der Waals surface area contributed by atoms with Crippen LogP contribution in [0.5, 0.6) is 0 Å². The zero-order chi connectivity index (χ0) is 56.0. The molecular weight excluding hydrogens is 1050 g/mol. The van der Waals surface area contributed by atoms with Gasteiger partial charge in [0, 0.05) is 42.3 Å². The van der Waals surface area contributed by atoms with Crippen LogP contribution in [-0.4, -0.2) is 66.9 Å². The molecule has 0 aromatic heterocycles. The molecule has 0 unspecified atom stereocenters. The highest BCUT2D eigenvalue weighted by molar-refractivity contribution is 9.09. The third kappa shape index (κ3) is 10.2. The SMILES string of the molecule is C=C(C)[C@H]1CC[C@H]2[C@@H]3CC(F)(F)[C@H]4C[C@@](C)(O)CC[C@@H]4[C@H]3CC[C@]12C.C=C(CBr)[C@H]1CC[C@H]2[C@@H]3CC(F)(F)[C@H]4C[C@@](C)(O)CC[C@@H]4[C@H]3CC[C@]12C.C=C(CO)[C@H]1CC[C@H]2[C@@H]3CC(F)(F)[C@H]4C[C@@](C)(O)CC[C@@H]4[C@H]3CC[C@]12C. The number of aliphatic hydroxyl groups is 4. The molecule has 0 radical (unpaired) electrons. The topological polar surface area (TPSA) is 80.9 Å². The first-order valence-corrected chi connectivity index (χ1v) is 32.3. The molecule has 12 rings (SSSR count). The maximum atomic E-state index is 15.2. The Morgan fingerprint density at radius 1 is 0.390 bits per heavy atom. The summed E-state index contributed by atoms with van der Waals surface area (Å²) in [7, 11) is 0. The highest BCUT2D eigenvalue weighted by Crippen LogP contribution is 2.71. The van der Waals surface area contributed by atoms with E-state index in [9.17, 15) is 20.4 Å². The molecule has 0 bridgehead atoms.